The first-order valence-corrected chi connectivity index (χ1v) is 5.43. The molecule has 2 aromatic rings. The minimum Gasteiger partial charge on any atom is -0.435 e. The van der Waals surface area contributed by atoms with E-state index < -0.39 is 5.82 Å². The van der Waals surface area contributed by atoms with Crippen LogP contribution in [0.25, 0.3) is 0 Å². The molecule has 0 spiro atoms. The molecule has 0 aliphatic heterocycles. The Morgan fingerprint density at radius 3 is 2.88 bits per heavy atom. The maximum absolute atomic E-state index is 13.4. The zero-order valence-electron chi connectivity index (χ0n) is 8.02. The Morgan fingerprint density at radius 1 is 1.38 bits per heavy atom. The van der Waals surface area contributed by atoms with Gasteiger partial charge in [-0.15, -0.1) is 0 Å². The highest BCUT2D eigenvalue weighted by Gasteiger charge is 2.08. The summed E-state index contributed by atoms with van der Waals surface area (Å²) < 4.78 is 19.4. The number of anilines is 1. The van der Waals surface area contributed by atoms with Crippen molar-refractivity contribution in [1.82, 2.24) is 9.97 Å². The number of hydrogen-bond donors (Lipinski definition) is 1. The average Bonchev–Trinajstić information content (AvgIpc) is 2.25. The number of hydrogen-bond acceptors (Lipinski definition) is 4. The average molecular weight is 331 g/mol. The Kier molecular flexibility index (Phi) is 3.18. The number of benzene rings is 1. The fourth-order valence-electron chi connectivity index (χ4n) is 1.08. The smallest absolute Gasteiger partial charge is 0.235 e. The van der Waals surface area contributed by atoms with Crippen LogP contribution in [-0.2, 0) is 0 Å². The van der Waals surface area contributed by atoms with Crippen LogP contribution in [0.1, 0.15) is 0 Å². The molecule has 1 heterocycles. The molecule has 2 rings (SSSR count). The van der Waals surface area contributed by atoms with E-state index in [2.05, 4.69) is 9.97 Å². The minimum atomic E-state index is -0.519. The van der Waals surface area contributed by atoms with Gasteiger partial charge >= 0.3 is 0 Å². The van der Waals surface area contributed by atoms with E-state index in [-0.39, 0.29) is 5.75 Å². The van der Waals surface area contributed by atoms with Crippen molar-refractivity contribution in [3.8, 4) is 11.6 Å². The number of aromatic nitrogens is 2. The van der Waals surface area contributed by atoms with E-state index in [4.69, 9.17) is 10.5 Å². The van der Waals surface area contributed by atoms with Crippen LogP contribution in [0.15, 0.2) is 30.7 Å². The highest BCUT2D eigenvalue weighted by Crippen LogP contribution is 2.26. The van der Waals surface area contributed by atoms with Crippen LogP contribution >= 0.6 is 22.6 Å². The number of nitrogen functional groups attached to an aromatic ring is 1. The van der Waals surface area contributed by atoms with Crippen LogP contribution in [0.2, 0.25) is 0 Å². The molecule has 6 heteroatoms. The van der Waals surface area contributed by atoms with Gasteiger partial charge < -0.3 is 10.5 Å². The van der Waals surface area contributed by atoms with E-state index in [9.17, 15) is 4.39 Å². The predicted octanol–water partition coefficient (Wildman–Crippen LogP) is 2.59. The standard InChI is InChI=1S/C10H7FIN3O/c11-7-3-6(13)1-2-9(7)16-10-8(12)4-14-5-15-10/h1-5H,13H2. The molecular weight excluding hydrogens is 324 g/mol. The summed E-state index contributed by atoms with van der Waals surface area (Å²) in [6.07, 6.45) is 2.92. The third kappa shape index (κ3) is 2.38. The van der Waals surface area contributed by atoms with Crippen molar-refractivity contribution in [1.29, 1.82) is 0 Å². The van der Waals surface area contributed by atoms with Gasteiger partial charge in [-0.2, -0.15) is 0 Å². The summed E-state index contributed by atoms with van der Waals surface area (Å²) >= 11 is 2.01. The van der Waals surface area contributed by atoms with Gasteiger partial charge in [0.25, 0.3) is 0 Å². The Hall–Kier alpha value is -1.44. The zero-order valence-corrected chi connectivity index (χ0v) is 10.2. The Morgan fingerprint density at radius 2 is 2.19 bits per heavy atom. The molecule has 16 heavy (non-hydrogen) atoms. The van der Waals surface area contributed by atoms with Gasteiger partial charge in [-0.1, -0.05) is 0 Å². The highest BCUT2D eigenvalue weighted by atomic mass is 127. The van der Waals surface area contributed by atoms with Crippen molar-refractivity contribution in [3.63, 3.8) is 0 Å². The Labute approximate surface area is 105 Å². The van der Waals surface area contributed by atoms with Crippen LogP contribution < -0.4 is 10.5 Å². The lowest BCUT2D eigenvalue weighted by Crippen LogP contribution is -1.95. The fraction of sp³-hybridized carbons (Fsp3) is 0. The first kappa shape index (κ1) is 11.1. The van der Waals surface area contributed by atoms with Crippen molar-refractivity contribution in [2.24, 2.45) is 0 Å². The van der Waals surface area contributed by atoms with Crippen molar-refractivity contribution in [2.45, 2.75) is 0 Å². The monoisotopic (exact) mass is 331 g/mol. The van der Waals surface area contributed by atoms with Gasteiger partial charge in [0.2, 0.25) is 5.88 Å². The van der Waals surface area contributed by atoms with E-state index in [0.717, 1.165) is 0 Å². The molecule has 0 radical (unpaired) electrons. The normalized spacial score (nSPS) is 10.1. The van der Waals surface area contributed by atoms with Crippen LogP contribution in [0.3, 0.4) is 0 Å². The molecule has 4 nitrogen and oxygen atoms in total. The molecule has 2 N–H and O–H groups in total. The third-order valence-electron chi connectivity index (χ3n) is 1.80. The van der Waals surface area contributed by atoms with Crippen molar-refractivity contribution < 1.29 is 9.13 Å². The molecule has 0 atom stereocenters. The van der Waals surface area contributed by atoms with E-state index >= 15 is 0 Å². The van der Waals surface area contributed by atoms with E-state index in [0.29, 0.717) is 15.1 Å². The van der Waals surface area contributed by atoms with Gasteiger partial charge in [0.15, 0.2) is 11.6 Å². The molecule has 0 unspecified atom stereocenters. The number of nitrogens with two attached hydrogens (primary N) is 1. The lowest BCUT2D eigenvalue weighted by Gasteiger charge is -2.06. The maximum Gasteiger partial charge on any atom is 0.235 e. The second-order valence-electron chi connectivity index (χ2n) is 2.97. The molecule has 0 saturated carbocycles. The predicted molar refractivity (Wildman–Crippen MR) is 65.6 cm³/mol. The second kappa shape index (κ2) is 4.60. The summed E-state index contributed by atoms with van der Waals surface area (Å²) in [6, 6.07) is 4.22. The van der Waals surface area contributed by atoms with Gasteiger partial charge in [-0.3, -0.25) is 0 Å². The molecule has 82 valence electrons. The Bertz CT molecular complexity index is 521. The lowest BCUT2D eigenvalue weighted by molar-refractivity contribution is 0.423. The van der Waals surface area contributed by atoms with Crippen LogP contribution in [0.4, 0.5) is 10.1 Å². The van der Waals surface area contributed by atoms with Gasteiger partial charge in [-0.05, 0) is 34.7 Å². The Balaban J connectivity index is 2.31. The molecule has 1 aromatic heterocycles. The van der Waals surface area contributed by atoms with Gasteiger partial charge in [-0.25, -0.2) is 14.4 Å². The van der Waals surface area contributed by atoms with E-state index in [1.165, 1.54) is 18.5 Å². The molecule has 0 aliphatic carbocycles. The molecule has 0 saturated heterocycles. The fourth-order valence-corrected chi connectivity index (χ4v) is 1.49. The number of rotatable bonds is 2. The topological polar surface area (TPSA) is 61.0 Å². The summed E-state index contributed by atoms with van der Waals surface area (Å²) in [5.74, 6) is -0.112. The summed E-state index contributed by atoms with van der Waals surface area (Å²) in [5, 5.41) is 0. The molecule has 0 fully saturated rings. The highest BCUT2D eigenvalue weighted by molar-refractivity contribution is 14.1. The lowest BCUT2D eigenvalue weighted by atomic mass is 10.3. The first-order chi connectivity index (χ1) is 7.66. The van der Waals surface area contributed by atoms with Crippen molar-refractivity contribution >= 4 is 28.3 Å². The first-order valence-electron chi connectivity index (χ1n) is 4.35. The molecular formula is C10H7FIN3O. The largest absolute Gasteiger partial charge is 0.435 e. The minimum absolute atomic E-state index is 0.0887. The SMILES string of the molecule is Nc1ccc(Oc2ncncc2I)c(F)c1. The quantitative estimate of drug-likeness (QED) is 0.679. The van der Waals surface area contributed by atoms with E-state index in [1.54, 1.807) is 12.3 Å². The van der Waals surface area contributed by atoms with E-state index in [1.807, 2.05) is 22.6 Å². The second-order valence-corrected chi connectivity index (χ2v) is 4.13. The van der Waals surface area contributed by atoms with Gasteiger partial charge in [0, 0.05) is 18.0 Å². The molecule has 0 aliphatic rings. The van der Waals surface area contributed by atoms with Crippen LogP contribution in [0.5, 0.6) is 11.6 Å². The summed E-state index contributed by atoms with van der Waals surface area (Å²) in [7, 11) is 0. The molecule has 0 amide bonds. The maximum atomic E-state index is 13.4. The number of ether oxygens (including phenoxy) is 1. The third-order valence-corrected chi connectivity index (χ3v) is 2.54. The van der Waals surface area contributed by atoms with Crippen molar-refractivity contribution in [2.75, 3.05) is 5.73 Å². The summed E-state index contributed by atoms with van der Waals surface area (Å²) in [5.41, 5.74) is 5.78. The summed E-state index contributed by atoms with van der Waals surface area (Å²) in [6.45, 7) is 0. The summed E-state index contributed by atoms with van der Waals surface area (Å²) in [4.78, 5) is 7.71. The van der Waals surface area contributed by atoms with Crippen LogP contribution in [0, 0.1) is 9.39 Å². The van der Waals surface area contributed by atoms with Crippen LogP contribution in [-0.4, -0.2) is 9.97 Å². The molecule has 0 bridgehead atoms. The van der Waals surface area contributed by atoms with Gasteiger partial charge in [0.1, 0.15) is 6.33 Å². The zero-order chi connectivity index (χ0) is 11.5. The van der Waals surface area contributed by atoms with Crippen molar-refractivity contribution in [3.05, 3.63) is 40.1 Å². The number of nitrogens with zero attached hydrogens (tertiary/aromatic N) is 2. The number of halogens is 2. The van der Waals surface area contributed by atoms with Gasteiger partial charge in [0.05, 0.1) is 3.57 Å². The molecule has 1 aromatic carbocycles.